The van der Waals surface area contributed by atoms with Crippen LogP contribution in [-0.2, 0) is 0 Å². The first-order valence-corrected chi connectivity index (χ1v) is 3.23. The van der Waals surface area contributed by atoms with Crippen LogP contribution in [0.4, 0.5) is 0 Å². The fraction of sp³-hybridized carbons (Fsp3) is 0.800. The maximum atomic E-state index is 5.21. The Kier molecular flexibility index (Phi) is 3.49. The number of thiocarbonyl (C=S) groups is 1. The van der Waals surface area contributed by atoms with E-state index in [2.05, 4.69) is 17.6 Å². The van der Waals surface area contributed by atoms with E-state index in [4.69, 9.17) is 5.73 Å². The van der Waals surface area contributed by atoms with Crippen LogP contribution in [0.2, 0.25) is 0 Å². The van der Waals surface area contributed by atoms with Crippen LogP contribution in [0.3, 0.4) is 0 Å². The lowest BCUT2D eigenvalue weighted by atomic mass is 10.4. The van der Waals surface area contributed by atoms with Crippen LogP contribution in [0.15, 0.2) is 0 Å². The van der Waals surface area contributed by atoms with Gasteiger partial charge in [0, 0.05) is 13.1 Å². The molecule has 0 heterocycles. The average molecular weight is 147 g/mol. The highest BCUT2D eigenvalue weighted by Gasteiger charge is 2.00. The highest BCUT2D eigenvalue weighted by atomic mass is 32.1. The Morgan fingerprint density at radius 3 is 2.22 bits per heavy atom. The van der Waals surface area contributed by atoms with Crippen molar-refractivity contribution >= 4 is 17.3 Å². The topological polar surface area (TPSA) is 41.3 Å². The Morgan fingerprint density at radius 1 is 1.67 bits per heavy atom. The molecular formula is C5H13N3S. The SMILES string of the molecule is CC(C)N(C)NC(N)=S. The second-order valence-corrected chi connectivity index (χ2v) is 2.62. The Bertz CT molecular complexity index is 102. The molecule has 0 unspecified atom stereocenters. The van der Waals surface area contributed by atoms with Gasteiger partial charge in [0.05, 0.1) is 0 Å². The van der Waals surface area contributed by atoms with Crippen LogP contribution >= 0.6 is 12.2 Å². The first-order valence-electron chi connectivity index (χ1n) is 2.83. The monoisotopic (exact) mass is 147 g/mol. The zero-order valence-electron chi connectivity index (χ0n) is 6.01. The maximum Gasteiger partial charge on any atom is 0.178 e. The molecular weight excluding hydrogens is 134 g/mol. The molecule has 4 heteroatoms. The second-order valence-electron chi connectivity index (χ2n) is 2.18. The first kappa shape index (κ1) is 8.65. The van der Waals surface area contributed by atoms with Crippen molar-refractivity contribution in [1.82, 2.24) is 10.4 Å². The van der Waals surface area contributed by atoms with E-state index in [9.17, 15) is 0 Å². The summed E-state index contributed by atoms with van der Waals surface area (Å²) in [5, 5.41) is 2.16. The smallest absolute Gasteiger partial charge is 0.178 e. The third-order valence-corrected chi connectivity index (χ3v) is 1.15. The van der Waals surface area contributed by atoms with Crippen LogP contribution in [0, 0.1) is 0 Å². The van der Waals surface area contributed by atoms with Gasteiger partial charge in [-0.3, -0.25) is 5.43 Å². The number of nitrogens with one attached hydrogen (secondary N) is 1. The van der Waals surface area contributed by atoms with E-state index >= 15 is 0 Å². The summed E-state index contributed by atoms with van der Waals surface area (Å²) in [6, 6.07) is 0.409. The van der Waals surface area contributed by atoms with E-state index in [1.807, 2.05) is 25.9 Å². The first-order chi connectivity index (χ1) is 4.04. The van der Waals surface area contributed by atoms with Crippen molar-refractivity contribution in [2.24, 2.45) is 5.73 Å². The van der Waals surface area contributed by atoms with Gasteiger partial charge in [0.2, 0.25) is 0 Å². The van der Waals surface area contributed by atoms with Crippen molar-refractivity contribution in [2.45, 2.75) is 19.9 Å². The van der Waals surface area contributed by atoms with Gasteiger partial charge in [0.1, 0.15) is 0 Å². The van der Waals surface area contributed by atoms with E-state index in [1.165, 1.54) is 0 Å². The second kappa shape index (κ2) is 3.63. The quantitative estimate of drug-likeness (QED) is 0.428. The molecule has 9 heavy (non-hydrogen) atoms. The molecule has 0 aliphatic carbocycles. The largest absolute Gasteiger partial charge is 0.375 e. The number of nitrogens with zero attached hydrogens (tertiary/aromatic N) is 1. The van der Waals surface area contributed by atoms with Crippen molar-refractivity contribution < 1.29 is 0 Å². The lowest BCUT2D eigenvalue weighted by Gasteiger charge is -2.21. The third kappa shape index (κ3) is 4.17. The third-order valence-electron chi connectivity index (χ3n) is 1.06. The molecule has 0 aromatic carbocycles. The summed E-state index contributed by atoms with van der Waals surface area (Å²) >= 11 is 4.62. The van der Waals surface area contributed by atoms with Crippen LogP contribution < -0.4 is 11.2 Å². The number of hydrogen-bond donors (Lipinski definition) is 2. The van der Waals surface area contributed by atoms with Gasteiger partial charge in [-0.2, -0.15) is 0 Å². The number of nitrogens with two attached hydrogens (primary N) is 1. The highest BCUT2D eigenvalue weighted by molar-refractivity contribution is 7.80. The summed E-state index contributed by atoms with van der Waals surface area (Å²) < 4.78 is 0. The molecule has 0 atom stereocenters. The van der Waals surface area contributed by atoms with E-state index in [1.54, 1.807) is 0 Å². The lowest BCUT2D eigenvalue weighted by molar-refractivity contribution is 0.236. The van der Waals surface area contributed by atoms with Gasteiger partial charge in [-0.15, -0.1) is 0 Å². The summed E-state index contributed by atoms with van der Waals surface area (Å²) in [6.07, 6.45) is 0. The van der Waals surface area contributed by atoms with E-state index in [0.717, 1.165) is 0 Å². The van der Waals surface area contributed by atoms with Gasteiger partial charge in [-0.25, -0.2) is 5.01 Å². The van der Waals surface area contributed by atoms with Gasteiger partial charge in [-0.05, 0) is 26.1 Å². The number of rotatable bonds is 2. The minimum Gasteiger partial charge on any atom is -0.375 e. The minimum atomic E-state index is 0.311. The lowest BCUT2D eigenvalue weighted by Crippen LogP contribution is -2.45. The zero-order chi connectivity index (χ0) is 7.44. The van der Waals surface area contributed by atoms with Gasteiger partial charge in [0.15, 0.2) is 5.11 Å². The van der Waals surface area contributed by atoms with E-state index < -0.39 is 0 Å². The summed E-state index contributed by atoms with van der Waals surface area (Å²) in [5.41, 5.74) is 7.99. The zero-order valence-corrected chi connectivity index (χ0v) is 6.83. The number of hydrazine groups is 1. The van der Waals surface area contributed by atoms with E-state index in [-0.39, 0.29) is 0 Å². The van der Waals surface area contributed by atoms with E-state index in [0.29, 0.717) is 11.2 Å². The Labute approximate surface area is 61.2 Å². The molecule has 3 nitrogen and oxygen atoms in total. The fourth-order valence-corrected chi connectivity index (χ4v) is 0.447. The molecule has 0 fully saturated rings. The summed E-state index contributed by atoms with van der Waals surface area (Å²) in [6.45, 7) is 4.09. The van der Waals surface area contributed by atoms with Crippen LogP contribution in [0.1, 0.15) is 13.8 Å². The molecule has 0 aliphatic rings. The van der Waals surface area contributed by atoms with Crippen molar-refractivity contribution in [2.75, 3.05) is 7.05 Å². The summed E-state index contributed by atoms with van der Waals surface area (Å²) in [7, 11) is 1.89. The van der Waals surface area contributed by atoms with Gasteiger partial charge in [-0.1, -0.05) is 0 Å². The van der Waals surface area contributed by atoms with Gasteiger partial charge >= 0.3 is 0 Å². The molecule has 0 bridgehead atoms. The molecule has 54 valence electrons. The summed E-state index contributed by atoms with van der Waals surface area (Å²) in [4.78, 5) is 0. The molecule has 0 saturated carbocycles. The average Bonchev–Trinajstić information content (AvgIpc) is 1.63. The minimum absolute atomic E-state index is 0.311. The predicted octanol–water partition coefficient (Wildman–Crippen LogP) is 0.0748. The predicted molar refractivity (Wildman–Crippen MR) is 42.8 cm³/mol. The Balaban J connectivity index is 3.50. The normalized spacial score (nSPS) is 10.3. The fourth-order valence-electron chi connectivity index (χ4n) is 0.303. The molecule has 0 radical (unpaired) electrons. The van der Waals surface area contributed by atoms with Gasteiger partial charge < -0.3 is 5.73 Å². The summed E-state index contributed by atoms with van der Waals surface area (Å²) in [5.74, 6) is 0. The molecule has 0 amide bonds. The standard InChI is InChI=1S/C5H13N3S/c1-4(2)8(3)7-5(6)9/h4H,1-3H3,(H3,6,7,9). The maximum absolute atomic E-state index is 5.21. The van der Waals surface area contributed by atoms with Crippen molar-refractivity contribution in [3.05, 3.63) is 0 Å². The van der Waals surface area contributed by atoms with Crippen LogP contribution in [0.5, 0.6) is 0 Å². The van der Waals surface area contributed by atoms with Crippen molar-refractivity contribution in [3.63, 3.8) is 0 Å². The van der Waals surface area contributed by atoms with Crippen LogP contribution in [-0.4, -0.2) is 23.2 Å². The molecule has 0 aromatic rings. The molecule has 3 N–H and O–H groups in total. The molecule has 0 spiro atoms. The van der Waals surface area contributed by atoms with Crippen LogP contribution in [0.25, 0.3) is 0 Å². The Morgan fingerprint density at radius 2 is 2.11 bits per heavy atom. The number of hydrogen-bond acceptors (Lipinski definition) is 2. The van der Waals surface area contributed by atoms with Crippen molar-refractivity contribution in [3.8, 4) is 0 Å². The van der Waals surface area contributed by atoms with Gasteiger partial charge in [0.25, 0.3) is 0 Å². The molecule has 0 rings (SSSR count). The highest BCUT2D eigenvalue weighted by Crippen LogP contribution is 1.85. The Hall–Kier alpha value is -0.350. The molecule has 0 aliphatic heterocycles. The van der Waals surface area contributed by atoms with Crippen molar-refractivity contribution in [1.29, 1.82) is 0 Å². The molecule has 0 aromatic heterocycles. The molecule has 0 saturated heterocycles.